The minimum atomic E-state index is -0.666. The second-order valence-electron chi connectivity index (χ2n) is 6.67. The Kier molecular flexibility index (Phi) is 4.50. The summed E-state index contributed by atoms with van der Waals surface area (Å²) in [5.41, 5.74) is 1.42. The van der Waals surface area contributed by atoms with Crippen molar-refractivity contribution < 1.29 is 5.11 Å². The number of hydrogen-bond donors (Lipinski definition) is 1. The Bertz CT molecular complexity index is 492. The molecular weight excluding hydrogens is 246 g/mol. The SMILES string of the molecule is Cc1cccc(C(O)C2(C#N)CCC(C(C)C)CC2)c1. The third kappa shape index (κ3) is 2.88. The van der Waals surface area contributed by atoms with Crippen molar-refractivity contribution in [2.75, 3.05) is 0 Å². The first-order chi connectivity index (χ1) is 9.48. The van der Waals surface area contributed by atoms with Crippen LogP contribution in [-0.2, 0) is 0 Å². The van der Waals surface area contributed by atoms with Gasteiger partial charge in [-0.3, -0.25) is 0 Å². The summed E-state index contributed by atoms with van der Waals surface area (Å²) in [6.45, 7) is 6.52. The van der Waals surface area contributed by atoms with Crippen molar-refractivity contribution in [1.82, 2.24) is 0 Å². The topological polar surface area (TPSA) is 44.0 Å². The van der Waals surface area contributed by atoms with Gasteiger partial charge in [-0.25, -0.2) is 0 Å². The number of nitriles is 1. The van der Waals surface area contributed by atoms with E-state index in [1.54, 1.807) is 0 Å². The lowest BCUT2D eigenvalue weighted by molar-refractivity contribution is 0.0190. The highest BCUT2D eigenvalue weighted by Crippen LogP contribution is 2.48. The van der Waals surface area contributed by atoms with Gasteiger partial charge in [0.1, 0.15) is 0 Å². The van der Waals surface area contributed by atoms with Crippen molar-refractivity contribution in [3.05, 3.63) is 35.4 Å². The van der Waals surface area contributed by atoms with E-state index in [9.17, 15) is 10.4 Å². The van der Waals surface area contributed by atoms with Crippen LogP contribution >= 0.6 is 0 Å². The number of benzene rings is 1. The molecule has 2 rings (SSSR count). The summed E-state index contributed by atoms with van der Waals surface area (Å²) < 4.78 is 0. The number of rotatable bonds is 3. The number of aliphatic hydroxyl groups is 1. The average Bonchev–Trinajstić information content (AvgIpc) is 2.46. The van der Waals surface area contributed by atoms with E-state index in [0.29, 0.717) is 11.8 Å². The molecule has 1 N–H and O–H groups in total. The Hall–Kier alpha value is -1.33. The first-order valence-corrected chi connectivity index (χ1v) is 7.64. The summed E-state index contributed by atoms with van der Waals surface area (Å²) in [5, 5.41) is 20.4. The molecule has 2 nitrogen and oxygen atoms in total. The largest absolute Gasteiger partial charge is 0.387 e. The molecule has 0 amide bonds. The van der Waals surface area contributed by atoms with Crippen molar-refractivity contribution in [2.24, 2.45) is 17.3 Å². The van der Waals surface area contributed by atoms with Gasteiger partial charge in [0.05, 0.1) is 17.6 Å². The molecule has 1 saturated carbocycles. The fraction of sp³-hybridized carbons (Fsp3) is 0.611. The van der Waals surface area contributed by atoms with Crippen molar-refractivity contribution in [2.45, 2.75) is 52.6 Å². The van der Waals surface area contributed by atoms with E-state index in [0.717, 1.165) is 36.8 Å². The molecule has 0 aliphatic heterocycles. The second-order valence-corrected chi connectivity index (χ2v) is 6.67. The van der Waals surface area contributed by atoms with E-state index in [1.165, 1.54) is 0 Å². The molecule has 0 saturated heterocycles. The van der Waals surface area contributed by atoms with Crippen LogP contribution in [0.15, 0.2) is 24.3 Å². The number of aliphatic hydroxyl groups excluding tert-OH is 1. The third-order valence-corrected chi connectivity index (χ3v) is 4.97. The molecule has 108 valence electrons. The first kappa shape index (κ1) is 15.1. The molecule has 0 spiro atoms. The molecule has 1 atom stereocenters. The lowest BCUT2D eigenvalue weighted by Crippen LogP contribution is -2.33. The summed E-state index contributed by atoms with van der Waals surface area (Å²) in [6, 6.07) is 10.4. The van der Waals surface area contributed by atoms with Crippen LogP contribution in [0.4, 0.5) is 0 Å². The van der Waals surface area contributed by atoms with Crippen LogP contribution in [0.5, 0.6) is 0 Å². The van der Waals surface area contributed by atoms with Gasteiger partial charge in [0.25, 0.3) is 0 Å². The molecule has 1 aliphatic carbocycles. The van der Waals surface area contributed by atoms with Gasteiger partial charge in [-0.1, -0.05) is 43.7 Å². The Morgan fingerprint density at radius 3 is 2.45 bits per heavy atom. The predicted molar refractivity (Wildman–Crippen MR) is 81.0 cm³/mol. The van der Waals surface area contributed by atoms with Gasteiger partial charge >= 0.3 is 0 Å². The lowest BCUT2D eigenvalue weighted by atomic mass is 9.65. The Morgan fingerprint density at radius 2 is 1.95 bits per heavy atom. The van der Waals surface area contributed by atoms with Crippen LogP contribution in [0.3, 0.4) is 0 Å². The summed E-state index contributed by atoms with van der Waals surface area (Å²) in [4.78, 5) is 0. The van der Waals surface area contributed by atoms with Gasteiger partial charge in [0, 0.05) is 0 Å². The molecule has 0 bridgehead atoms. The molecule has 0 aromatic heterocycles. The van der Waals surface area contributed by atoms with Crippen molar-refractivity contribution in [3.8, 4) is 6.07 Å². The smallest absolute Gasteiger partial charge is 0.0976 e. The maximum atomic E-state index is 10.7. The maximum absolute atomic E-state index is 10.7. The monoisotopic (exact) mass is 271 g/mol. The zero-order valence-corrected chi connectivity index (χ0v) is 12.8. The highest BCUT2D eigenvalue weighted by atomic mass is 16.3. The highest BCUT2D eigenvalue weighted by Gasteiger charge is 2.42. The van der Waals surface area contributed by atoms with Crippen LogP contribution < -0.4 is 0 Å². The van der Waals surface area contributed by atoms with E-state index in [1.807, 2.05) is 31.2 Å². The summed E-state index contributed by atoms with van der Waals surface area (Å²) >= 11 is 0. The van der Waals surface area contributed by atoms with Gasteiger partial charge in [-0.2, -0.15) is 5.26 Å². The fourth-order valence-corrected chi connectivity index (χ4v) is 3.43. The van der Waals surface area contributed by atoms with E-state index in [-0.39, 0.29) is 0 Å². The molecule has 20 heavy (non-hydrogen) atoms. The van der Waals surface area contributed by atoms with Crippen LogP contribution in [0.1, 0.15) is 56.8 Å². The van der Waals surface area contributed by atoms with Crippen LogP contribution in [0.25, 0.3) is 0 Å². The zero-order chi connectivity index (χ0) is 14.8. The van der Waals surface area contributed by atoms with E-state index < -0.39 is 11.5 Å². The van der Waals surface area contributed by atoms with Crippen molar-refractivity contribution in [1.29, 1.82) is 5.26 Å². The third-order valence-electron chi connectivity index (χ3n) is 4.97. The molecule has 1 aromatic carbocycles. The average molecular weight is 271 g/mol. The Morgan fingerprint density at radius 1 is 1.30 bits per heavy atom. The van der Waals surface area contributed by atoms with Crippen LogP contribution in [0.2, 0.25) is 0 Å². The van der Waals surface area contributed by atoms with Crippen LogP contribution in [0, 0.1) is 35.5 Å². The van der Waals surface area contributed by atoms with Gasteiger partial charge in [-0.15, -0.1) is 0 Å². The number of aryl methyl sites for hydroxylation is 1. The minimum absolute atomic E-state index is 0.598. The number of hydrogen-bond acceptors (Lipinski definition) is 2. The molecule has 0 heterocycles. The van der Waals surface area contributed by atoms with Crippen molar-refractivity contribution >= 4 is 0 Å². The van der Waals surface area contributed by atoms with Gasteiger partial charge in [0.15, 0.2) is 0 Å². The van der Waals surface area contributed by atoms with Gasteiger partial charge < -0.3 is 5.11 Å². The summed E-state index contributed by atoms with van der Waals surface area (Å²) in [5.74, 6) is 1.36. The normalized spacial score (nSPS) is 28.1. The molecule has 2 heteroatoms. The van der Waals surface area contributed by atoms with Crippen molar-refractivity contribution in [3.63, 3.8) is 0 Å². The Labute approximate surface area is 122 Å². The fourth-order valence-electron chi connectivity index (χ4n) is 3.43. The van der Waals surface area contributed by atoms with E-state index in [4.69, 9.17) is 0 Å². The zero-order valence-electron chi connectivity index (χ0n) is 12.8. The van der Waals surface area contributed by atoms with E-state index >= 15 is 0 Å². The second kappa shape index (κ2) is 5.97. The predicted octanol–water partition coefficient (Wildman–Crippen LogP) is 4.38. The molecule has 0 radical (unpaired) electrons. The van der Waals surface area contributed by atoms with E-state index in [2.05, 4.69) is 19.9 Å². The molecule has 1 unspecified atom stereocenters. The van der Waals surface area contributed by atoms with Gasteiger partial charge in [-0.05, 0) is 50.0 Å². The highest BCUT2D eigenvalue weighted by molar-refractivity contribution is 5.27. The Balaban J connectivity index is 2.19. The number of nitrogens with zero attached hydrogens (tertiary/aromatic N) is 1. The molecule has 1 fully saturated rings. The van der Waals surface area contributed by atoms with Crippen LogP contribution in [-0.4, -0.2) is 5.11 Å². The molecule has 1 aliphatic rings. The standard InChI is InChI=1S/C18H25NO/c1-13(2)15-7-9-18(12-19,10-8-15)17(20)16-6-4-5-14(3)11-16/h4-6,11,13,15,17,20H,7-10H2,1-3H3. The maximum Gasteiger partial charge on any atom is 0.0976 e. The lowest BCUT2D eigenvalue weighted by Gasteiger charge is -2.39. The summed E-state index contributed by atoms with van der Waals surface area (Å²) in [6.07, 6.45) is 3.05. The molecular formula is C18H25NO. The first-order valence-electron chi connectivity index (χ1n) is 7.64. The van der Waals surface area contributed by atoms with Gasteiger partial charge in [0.2, 0.25) is 0 Å². The minimum Gasteiger partial charge on any atom is -0.387 e. The quantitative estimate of drug-likeness (QED) is 0.886. The molecule has 1 aromatic rings. The summed E-state index contributed by atoms with van der Waals surface area (Å²) in [7, 11) is 0.